The molecule has 6 rings (SSSR count). The van der Waals surface area contributed by atoms with E-state index < -0.39 is 47.5 Å². The monoisotopic (exact) mass is 530 g/mol. The fraction of sp³-hybridized carbons (Fsp3) is 0.367. The number of anilines is 1. The van der Waals surface area contributed by atoms with E-state index in [1.54, 1.807) is 54.5 Å². The van der Waals surface area contributed by atoms with Gasteiger partial charge in [0.25, 0.3) is 5.91 Å². The molecule has 9 nitrogen and oxygen atoms in total. The Labute approximate surface area is 226 Å². The first-order valence-corrected chi connectivity index (χ1v) is 13.1. The number of hydrogen-bond acceptors (Lipinski definition) is 7. The van der Waals surface area contributed by atoms with Gasteiger partial charge in [-0.05, 0) is 42.3 Å². The van der Waals surface area contributed by atoms with Crippen LogP contribution in [0.3, 0.4) is 0 Å². The zero-order valence-electron chi connectivity index (χ0n) is 21.5. The summed E-state index contributed by atoms with van der Waals surface area (Å²) < 4.78 is 17.2. The number of ether oxygens (including phenoxy) is 3. The number of esters is 1. The second kappa shape index (κ2) is 9.98. The normalized spacial score (nSPS) is 30.3. The molecular weight excluding hydrogens is 500 g/mol. The minimum absolute atomic E-state index is 0.101. The fourth-order valence-electron chi connectivity index (χ4n) is 6.43. The van der Waals surface area contributed by atoms with Gasteiger partial charge >= 0.3 is 5.97 Å². The maximum atomic E-state index is 14.5. The quantitative estimate of drug-likeness (QED) is 0.449. The van der Waals surface area contributed by atoms with Gasteiger partial charge in [0.05, 0.1) is 31.8 Å². The molecular formula is C30H30N2O7. The lowest BCUT2D eigenvalue weighted by molar-refractivity contribution is -0.153. The number of rotatable bonds is 6. The summed E-state index contributed by atoms with van der Waals surface area (Å²) in [6.07, 6.45) is 6.67. The van der Waals surface area contributed by atoms with Crippen LogP contribution >= 0.6 is 0 Å². The lowest BCUT2D eigenvalue weighted by Gasteiger charge is -2.38. The molecule has 0 aromatic heterocycles. The summed E-state index contributed by atoms with van der Waals surface area (Å²) >= 11 is 0. The molecule has 4 heterocycles. The van der Waals surface area contributed by atoms with Crippen LogP contribution in [0, 0.1) is 11.8 Å². The number of amides is 2. The molecule has 1 unspecified atom stereocenters. The fourth-order valence-corrected chi connectivity index (χ4v) is 6.43. The van der Waals surface area contributed by atoms with Crippen LogP contribution in [0.4, 0.5) is 5.69 Å². The van der Waals surface area contributed by atoms with Crippen molar-refractivity contribution in [3.63, 3.8) is 0 Å². The smallest absolute Gasteiger partial charge is 0.313 e. The van der Waals surface area contributed by atoms with E-state index in [0.717, 1.165) is 5.56 Å². The van der Waals surface area contributed by atoms with Gasteiger partial charge in [0.15, 0.2) is 0 Å². The zero-order chi connectivity index (χ0) is 27.1. The van der Waals surface area contributed by atoms with Gasteiger partial charge in [0.2, 0.25) is 5.91 Å². The predicted molar refractivity (Wildman–Crippen MR) is 141 cm³/mol. The second-order valence-corrected chi connectivity index (χ2v) is 10.2. The van der Waals surface area contributed by atoms with Crippen molar-refractivity contribution in [1.82, 2.24) is 4.90 Å². The predicted octanol–water partition coefficient (Wildman–Crippen LogP) is 1.90. The van der Waals surface area contributed by atoms with Crippen LogP contribution in [-0.2, 0) is 30.3 Å². The van der Waals surface area contributed by atoms with Crippen molar-refractivity contribution in [3.8, 4) is 5.75 Å². The molecule has 1 spiro atoms. The summed E-state index contributed by atoms with van der Waals surface area (Å²) in [5.41, 5.74) is 0.151. The number of cyclic esters (lactones) is 1. The summed E-state index contributed by atoms with van der Waals surface area (Å²) in [4.78, 5) is 45.0. The van der Waals surface area contributed by atoms with Crippen LogP contribution in [0.5, 0.6) is 5.75 Å². The van der Waals surface area contributed by atoms with Crippen molar-refractivity contribution in [3.05, 3.63) is 84.5 Å². The Morgan fingerprint density at radius 3 is 2.54 bits per heavy atom. The summed E-state index contributed by atoms with van der Waals surface area (Å²) in [7, 11) is 1.57. The zero-order valence-corrected chi connectivity index (χ0v) is 21.5. The van der Waals surface area contributed by atoms with E-state index in [1.165, 1.54) is 4.90 Å². The molecule has 2 saturated heterocycles. The number of aliphatic hydroxyl groups excluding tert-OH is 1. The van der Waals surface area contributed by atoms with Gasteiger partial charge in [-0.3, -0.25) is 14.4 Å². The standard InChI is InChI=1S/C30H30N2O7/c1-37-22-12-10-20(11-13-22)31-15-6-14-30-25(24-23(39-30)9-5-16-38-29(24)36)27(34)32(26(30)28(31)35)21(18-33)17-19-7-3-2-4-8-19/h2-14,21,23-26,33H,15-18H2,1H3/t21-,23-,24+,25+,26?,30+/m1/s1. The van der Waals surface area contributed by atoms with E-state index >= 15 is 0 Å². The molecule has 2 fully saturated rings. The van der Waals surface area contributed by atoms with E-state index in [1.807, 2.05) is 36.4 Å². The van der Waals surface area contributed by atoms with Gasteiger partial charge in [-0.15, -0.1) is 0 Å². The number of nitrogens with zero attached hydrogens (tertiary/aromatic N) is 2. The number of benzene rings is 2. The van der Waals surface area contributed by atoms with Gasteiger partial charge in [-0.1, -0.05) is 48.6 Å². The van der Waals surface area contributed by atoms with Crippen molar-refractivity contribution in [2.45, 2.75) is 30.2 Å². The highest BCUT2D eigenvalue weighted by Crippen LogP contribution is 2.54. The highest BCUT2D eigenvalue weighted by molar-refractivity contribution is 6.05. The molecule has 0 saturated carbocycles. The van der Waals surface area contributed by atoms with E-state index in [4.69, 9.17) is 14.2 Å². The maximum absolute atomic E-state index is 14.5. The molecule has 2 aromatic rings. The van der Waals surface area contributed by atoms with Gasteiger partial charge in [0.1, 0.15) is 29.9 Å². The molecule has 202 valence electrons. The van der Waals surface area contributed by atoms with Crippen molar-refractivity contribution in [1.29, 1.82) is 0 Å². The summed E-state index contributed by atoms with van der Waals surface area (Å²) in [6, 6.07) is 14.8. The average Bonchev–Trinajstić information content (AvgIpc) is 3.26. The van der Waals surface area contributed by atoms with E-state index in [9.17, 15) is 19.5 Å². The van der Waals surface area contributed by atoms with Gasteiger partial charge in [0, 0.05) is 12.2 Å². The van der Waals surface area contributed by atoms with Crippen LogP contribution in [0.1, 0.15) is 5.56 Å². The average molecular weight is 531 g/mol. The lowest BCUT2D eigenvalue weighted by atomic mass is 9.78. The third-order valence-corrected chi connectivity index (χ3v) is 8.15. The van der Waals surface area contributed by atoms with Gasteiger partial charge in [-0.25, -0.2) is 0 Å². The molecule has 2 aromatic carbocycles. The van der Waals surface area contributed by atoms with Gasteiger partial charge in [-0.2, -0.15) is 0 Å². The van der Waals surface area contributed by atoms with Crippen molar-refractivity contribution in [2.24, 2.45) is 11.8 Å². The Balaban J connectivity index is 1.46. The highest BCUT2D eigenvalue weighted by atomic mass is 16.6. The molecule has 0 bridgehead atoms. The summed E-state index contributed by atoms with van der Waals surface area (Å²) in [6.45, 7) is -0.0128. The number of aliphatic hydroxyl groups is 1. The summed E-state index contributed by atoms with van der Waals surface area (Å²) in [5, 5.41) is 10.5. The third kappa shape index (κ3) is 4.04. The molecule has 9 heteroatoms. The van der Waals surface area contributed by atoms with E-state index in [-0.39, 0.29) is 25.7 Å². The van der Waals surface area contributed by atoms with E-state index in [0.29, 0.717) is 17.9 Å². The first-order valence-electron chi connectivity index (χ1n) is 13.1. The minimum atomic E-state index is -1.39. The first kappa shape index (κ1) is 25.3. The second-order valence-electron chi connectivity index (χ2n) is 10.2. The Morgan fingerprint density at radius 1 is 1.05 bits per heavy atom. The first-order chi connectivity index (χ1) is 19.0. The molecule has 0 radical (unpaired) electrons. The number of carbonyl (C=O) groups is 3. The molecule has 6 atom stereocenters. The molecule has 4 aliphatic heterocycles. The maximum Gasteiger partial charge on any atom is 0.313 e. The Kier molecular flexibility index (Phi) is 6.48. The largest absolute Gasteiger partial charge is 0.497 e. The molecule has 39 heavy (non-hydrogen) atoms. The molecule has 2 amide bonds. The topological polar surface area (TPSA) is 106 Å². The Hall–Kier alpha value is -3.95. The Bertz CT molecular complexity index is 1320. The van der Waals surface area contributed by atoms with Crippen LogP contribution in [0.25, 0.3) is 0 Å². The third-order valence-electron chi connectivity index (χ3n) is 8.15. The van der Waals surface area contributed by atoms with Crippen LogP contribution in [0.15, 0.2) is 78.9 Å². The van der Waals surface area contributed by atoms with Crippen LogP contribution < -0.4 is 9.64 Å². The van der Waals surface area contributed by atoms with Crippen LogP contribution in [0.2, 0.25) is 0 Å². The van der Waals surface area contributed by atoms with Gasteiger partial charge < -0.3 is 29.1 Å². The molecule has 0 aliphatic carbocycles. The SMILES string of the molecule is COc1ccc(N2CC=C[C@]34O[C@@H]5C=CCOC(=O)[C@@H]5[C@H]3C(=O)N([C@@H](CO)Cc3ccccc3)C4C2=O)cc1. The highest BCUT2D eigenvalue weighted by Gasteiger charge is 2.72. The number of hydrogen-bond donors (Lipinski definition) is 1. The van der Waals surface area contributed by atoms with Crippen molar-refractivity contribution < 1.29 is 33.7 Å². The molecule has 1 N–H and O–H groups in total. The Morgan fingerprint density at radius 2 is 1.82 bits per heavy atom. The van der Waals surface area contributed by atoms with E-state index in [2.05, 4.69) is 0 Å². The van der Waals surface area contributed by atoms with Crippen molar-refractivity contribution >= 4 is 23.5 Å². The summed E-state index contributed by atoms with van der Waals surface area (Å²) in [5.74, 6) is -2.49. The number of likely N-dealkylation sites (tertiary alicyclic amines) is 1. The molecule has 4 aliphatic rings. The van der Waals surface area contributed by atoms with Crippen LogP contribution in [-0.4, -0.2) is 78.4 Å². The van der Waals surface area contributed by atoms with Crippen molar-refractivity contribution in [2.75, 3.05) is 31.8 Å². The number of methoxy groups -OCH3 is 1. The number of fused-ring (bicyclic) bond motifs is 2. The lowest BCUT2D eigenvalue weighted by Crippen LogP contribution is -2.58. The number of carbonyl (C=O) groups excluding carboxylic acids is 3. The minimum Gasteiger partial charge on any atom is -0.497 e.